The molecule has 1 atom stereocenters. The summed E-state index contributed by atoms with van der Waals surface area (Å²) in [6.45, 7) is 11.3. The highest BCUT2D eigenvalue weighted by Crippen LogP contribution is 2.26. The number of benzene rings is 1. The van der Waals surface area contributed by atoms with E-state index in [0.29, 0.717) is 13.1 Å². The van der Waals surface area contributed by atoms with E-state index in [1.165, 1.54) is 5.56 Å². The van der Waals surface area contributed by atoms with Gasteiger partial charge in [0.1, 0.15) is 0 Å². The fourth-order valence-corrected chi connectivity index (χ4v) is 3.13. The average molecular weight is 392 g/mol. The fourth-order valence-electron chi connectivity index (χ4n) is 3.13. The van der Waals surface area contributed by atoms with Gasteiger partial charge in [-0.2, -0.15) is 0 Å². The van der Waals surface area contributed by atoms with Crippen molar-refractivity contribution in [3.05, 3.63) is 35.9 Å². The Labute approximate surface area is 165 Å². The third-order valence-corrected chi connectivity index (χ3v) is 5.12. The van der Waals surface area contributed by atoms with Crippen LogP contribution in [0, 0.1) is 5.41 Å². The summed E-state index contributed by atoms with van der Waals surface area (Å²) in [6.07, 6.45) is 1.54. The Kier molecular flexibility index (Phi) is 14.2. The Morgan fingerprint density at radius 2 is 1.60 bits per heavy atom. The van der Waals surface area contributed by atoms with Crippen LogP contribution >= 0.6 is 24.8 Å². The standard InChI is InChI=1S/C19H33N3O.2ClH/c1-5-19(6-2,15-20)18(23)21-14-17(22(7-3)8-4)16-12-10-9-11-13-16;;/h9-13,17H,5-8,14-15,20H2,1-4H3,(H,21,23);2*1H. The first-order valence-electron chi connectivity index (χ1n) is 8.85. The second kappa shape index (κ2) is 13.4. The molecule has 0 fully saturated rings. The Hall–Kier alpha value is -0.810. The van der Waals surface area contributed by atoms with Crippen LogP contribution in [-0.2, 0) is 4.79 Å². The van der Waals surface area contributed by atoms with Crippen LogP contribution < -0.4 is 11.1 Å². The lowest BCUT2D eigenvalue weighted by Gasteiger charge is -2.33. The lowest BCUT2D eigenvalue weighted by Crippen LogP contribution is -2.48. The Balaban J connectivity index is 0. The van der Waals surface area contributed by atoms with Crippen LogP contribution in [0.2, 0.25) is 0 Å². The maximum atomic E-state index is 12.7. The van der Waals surface area contributed by atoms with Crippen molar-refractivity contribution in [3.63, 3.8) is 0 Å². The van der Waals surface area contributed by atoms with Crippen molar-refractivity contribution in [2.75, 3.05) is 26.2 Å². The second-order valence-corrected chi connectivity index (χ2v) is 6.05. The Morgan fingerprint density at radius 3 is 2.00 bits per heavy atom. The van der Waals surface area contributed by atoms with Gasteiger partial charge >= 0.3 is 0 Å². The van der Waals surface area contributed by atoms with Gasteiger partial charge in [-0.25, -0.2) is 0 Å². The lowest BCUT2D eigenvalue weighted by molar-refractivity contribution is -0.131. The second-order valence-electron chi connectivity index (χ2n) is 6.05. The molecule has 0 aliphatic heterocycles. The van der Waals surface area contributed by atoms with E-state index < -0.39 is 5.41 Å². The summed E-state index contributed by atoms with van der Waals surface area (Å²) in [5.74, 6) is 0.0816. The van der Waals surface area contributed by atoms with Gasteiger partial charge in [-0.1, -0.05) is 58.0 Å². The number of nitrogens with two attached hydrogens (primary N) is 1. The minimum atomic E-state index is -0.440. The molecule has 0 heterocycles. The van der Waals surface area contributed by atoms with Crippen LogP contribution in [0.1, 0.15) is 52.1 Å². The van der Waals surface area contributed by atoms with E-state index in [4.69, 9.17) is 5.73 Å². The number of hydrogen-bond donors (Lipinski definition) is 2. The van der Waals surface area contributed by atoms with Crippen LogP contribution in [0.5, 0.6) is 0 Å². The molecule has 6 heteroatoms. The number of carbonyl (C=O) groups is 1. The van der Waals surface area contributed by atoms with E-state index in [1.807, 2.05) is 19.9 Å². The number of halogens is 2. The number of likely N-dealkylation sites (N-methyl/N-ethyl adjacent to an activating group) is 1. The van der Waals surface area contributed by atoms with Gasteiger partial charge in [0.05, 0.1) is 11.5 Å². The average Bonchev–Trinajstić information content (AvgIpc) is 2.61. The molecule has 0 radical (unpaired) electrons. The largest absolute Gasteiger partial charge is 0.354 e. The summed E-state index contributed by atoms with van der Waals surface area (Å²) in [4.78, 5) is 15.1. The molecular formula is C19H35Cl2N3O. The van der Waals surface area contributed by atoms with E-state index in [1.54, 1.807) is 0 Å². The van der Waals surface area contributed by atoms with Gasteiger partial charge in [0.15, 0.2) is 0 Å². The summed E-state index contributed by atoms with van der Waals surface area (Å²) in [5.41, 5.74) is 6.69. The van der Waals surface area contributed by atoms with Crippen LogP contribution in [0.25, 0.3) is 0 Å². The highest BCUT2D eigenvalue weighted by atomic mass is 35.5. The van der Waals surface area contributed by atoms with Crippen molar-refractivity contribution in [3.8, 4) is 0 Å². The highest BCUT2D eigenvalue weighted by molar-refractivity contribution is 5.85. The molecule has 0 saturated heterocycles. The summed E-state index contributed by atoms with van der Waals surface area (Å²) in [7, 11) is 0. The smallest absolute Gasteiger partial charge is 0.227 e. The predicted molar refractivity (Wildman–Crippen MR) is 112 cm³/mol. The number of nitrogens with zero attached hydrogens (tertiary/aromatic N) is 1. The molecule has 0 bridgehead atoms. The molecule has 1 aromatic carbocycles. The van der Waals surface area contributed by atoms with E-state index in [0.717, 1.165) is 25.9 Å². The zero-order valence-corrected chi connectivity index (χ0v) is 17.6. The molecule has 3 N–H and O–H groups in total. The molecule has 1 aromatic rings. The first-order chi connectivity index (χ1) is 11.1. The zero-order valence-electron chi connectivity index (χ0n) is 16.0. The molecule has 146 valence electrons. The Bertz CT molecular complexity index is 455. The maximum Gasteiger partial charge on any atom is 0.227 e. The molecule has 0 saturated carbocycles. The lowest BCUT2D eigenvalue weighted by atomic mass is 9.81. The quantitative estimate of drug-likeness (QED) is 0.637. The molecule has 1 unspecified atom stereocenters. The van der Waals surface area contributed by atoms with Crippen molar-refractivity contribution in [2.45, 2.75) is 46.6 Å². The number of rotatable bonds is 10. The summed E-state index contributed by atoms with van der Waals surface area (Å²) in [5, 5.41) is 3.16. The predicted octanol–water partition coefficient (Wildman–Crippen LogP) is 3.79. The van der Waals surface area contributed by atoms with Crippen molar-refractivity contribution in [1.82, 2.24) is 10.2 Å². The first-order valence-corrected chi connectivity index (χ1v) is 8.85. The molecular weight excluding hydrogens is 357 g/mol. The summed E-state index contributed by atoms with van der Waals surface area (Å²) >= 11 is 0. The first kappa shape index (κ1) is 26.4. The van der Waals surface area contributed by atoms with Crippen LogP contribution in [-0.4, -0.2) is 37.0 Å². The normalized spacial score (nSPS) is 12.1. The van der Waals surface area contributed by atoms with Gasteiger partial charge < -0.3 is 11.1 Å². The molecule has 4 nitrogen and oxygen atoms in total. The van der Waals surface area contributed by atoms with Gasteiger partial charge in [0.2, 0.25) is 5.91 Å². The van der Waals surface area contributed by atoms with Crippen molar-refractivity contribution >= 4 is 30.7 Å². The molecule has 25 heavy (non-hydrogen) atoms. The fraction of sp³-hybridized carbons (Fsp3) is 0.632. The molecule has 1 amide bonds. The van der Waals surface area contributed by atoms with Crippen LogP contribution in [0.3, 0.4) is 0 Å². The van der Waals surface area contributed by atoms with E-state index in [2.05, 4.69) is 48.3 Å². The van der Waals surface area contributed by atoms with Gasteiger partial charge in [-0.05, 0) is 31.5 Å². The third kappa shape index (κ3) is 6.78. The minimum Gasteiger partial charge on any atom is -0.354 e. The van der Waals surface area contributed by atoms with Crippen molar-refractivity contribution < 1.29 is 4.79 Å². The molecule has 0 aliphatic carbocycles. The van der Waals surface area contributed by atoms with E-state index in [9.17, 15) is 4.79 Å². The maximum absolute atomic E-state index is 12.7. The molecule has 0 spiro atoms. The topological polar surface area (TPSA) is 58.4 Å². The zero-order chi connectivity index (χ0) is 17.3. The summed E-state index contributed by atoms with van der Waals surface area (Å²) in [6, 6.07) is 10.6. The van der Waals surface area contributed by atoms with Gasteiger partial charge in [-0.15, -0.1) is 24.8 Å². The number of carbonyl (C=O) groups excluding carboxylic acids is 1. The Morgan fingerprint density at radius 1 is 1.08 bits per heavy atom. The molecule has 0 aromatic heterocycles. The third-order valence-electron chi connectivity index (χ3n) is 5.12. The van der Waals surface area contributed by atoms with Gasteiger partial charge in [0.25, 0.3) is 0 Å². The summed E-state index contributed by atoms with van der Waals surface area (Å²) < 4.78 is 0. The number of amides is 1. The molecule has 0 aliphatic rings. The van der Waals surface area contributed by atoms with Crippen LogP contribution in [0.4, 0.5) is 0 Å². The minimum absolute atomic E-state index is 0. The number of hydrogen-bond acceptors (Lipinski definition) is 3. The van der Waals surface area contributed by atoms with E-state index in [-0.39, 0.29) is 36.8 Å². The number of nitrogens with one attached hydrogen (secondary N) is 1. The monoisotopic (exact) mass is 391 g/mol. The van der Waals surface area contributed by atoms with E-state index >= 15 is 0 Å². The SMILES string of the molecule is CCN(CC)C(CNC(=O)C(CC)(CC)CN)c1ccccc1.Cl.Cl. The van der Waals surface area contributed by atoms with Crippen molar-refractivity contribution in [2.24, 2.45) is 11.1 Å². The van der Waals surface area contributed by atoms with Crippen LogP contribution in [0.15, 0.2) is 30.3 Å². The van der Waals surface area contributed by atoms with Gasteiger partial charge in [0, 0.05) is 13.1 Å². The molecule has 1 rings (SSSR count). The van der Waals surface area contributed by atoms with Gasteiger partial charge in [-0.3, -0.25) is 9.69 Å². The highest BCUT2D eigenvalue weighted by Gasteiger charge is 2.33. The van der Waals surface area contributed by atoms with Crippen molar-refractivity contribution in [1.29, 1.82) is 0 Å².